The van der Waals surface area contributed by atoms with Gasteiger partial charge in [0.2, 0.25) is 5.78 Å². The first-order chi connectivity index (χ1) is 14.1. The molecule has 1 N–H and O–H groups in total. The van der Waals surface area contributed by atoms with Crippen molar-refractivity contribution in [3.8, 4) is 0 Å². The first kappa shape index (κ1) is 19.1. The van der Waals surface area contributed by atoms with Gasteiger partial charge < -0.3 is 10.1 Å². The highest BCUT2D eigenvalue weighted by atomic mass is 79.9. The van der Waals surface area contributed by atoms with Gasteiger partial charge in [0.05, 0.1) is 33.2 Å². The summed E-state index contributed by atoms with van der Waals surface area (Å²) in [7, 11) is 0. The van der Waals surface area contributed by atoms with Crippen molar-refractivity contribution >= 4 is 50.1 Å². The van der Waals surface area contributed by atoms with Crippen LogP contribution in [0.5, 0.6) is 0 Å². The maximum atomic E-state index is 12.7. The van der Waals surface area contributed by atoms with Crippen LogP contribution in [0.2, 0.25) is 0 Å². The summed E-state index contributed by atoms with van der Waals surface area (Å²) in [6.45, 7) is 2.29. The van der Waals surface area contributed by atoms with E-state index in [9.17, 15) is 9.59 Å². The van der Waals surface area contributed by atoms with Gasteiger partial charge in [0.1, 0.15) is 5.82 Å². The number of aromatic nitrogens is 3. The van der Waals surface area contributed by atoms with E-state index in [1.54, 1.807) is 42.6 Å². The Morgan fingerprint density at radius 1 is 1.14 bits per heavy atom. The number of hydrogen-bond donors (Lipinski definition) is 1. The standard InChI is InChI=1S/C21H17BrN4O3/c1-2-11-29-20(28)14-8-4-6-10-17(14)23-18-15(22)12-26-19(27)13-7-3-5-9-16(13)24-21(26)25-18/h3-10,12H,2,11H2,1H3,(H,23,24,25). The van der Waals surface area contributed by atoms with Gasteiger partial charge in [-0.25, -0.2) is 9.78 Å². The van der Waals surface area contributed by atoms with E-state index in [-0.39, 0.29) is 11.3 Å². The first-order valence-corrected chi connectivity index (χ1v) is 9.88. The molecule has 29 heavy (non-hydrogen) atoms. The molecule has 2 aromatic heterocycles. The number of rotatable bonds is 5. The molecule has 0 amide bonds. The minimum absolute atomic E-state index is 0.200. The van der Waals surface area contributed by atoms with Crippen molar-refractivity contribution in [3.05, 3.63) is 75.1 Å². The van der Waals surface area contributed by atoms with Crippen LogP contribution >= 0.6 is 15.9 Å². The van der Waals surface area contributed by atoms with Crippen LogP contribution in [0.15, 0.2) is 64.0 Å². The second kappa shape index (κ2) is 8.00. The zero-order valence-corrected chi connectivity index (χ0v) is 17.1. The molecule has 146 valence electrons. The molecule has 0 aliphatic rings. The van der Waals surface area contributed by atoms with E-state index in [2.05, 4.69) is 31.2 Å². The zero-order valence-electron chi connectivity index (χ0n) is 15.6. The van der Waals surface area contributed by atoms with Crippen LogP contribution < -0.4 is 10.9 Å². The molecule has 0 bridgehead atoms. The Hall–Kier alpha value is -3.26. The molecular formula is C21H17BrN4O3. The average Bonchev–Trinajstić information content (AvgIpc) is 2.74. The van der Waals surface area contributed by atoms with Crippen molar-refractivity contribution in [1.82, 2.24) is 14.4 Å². The topological polar surface area (TPSA) is 85.6 Å². The number of anilines is 2. The number of benzene rings is 2. The van der Waals surface area contributed by atoms with Gasteiger partial charge >= 0.3 is 5.97 Å². The molecule has 2 heterocycles. The summed E-state index contributed by atoms with van der Waals surface area (Å²) in [4.78, 5) is 34.0. The van der Waals surface area contributed by atoms with Crippen molar-refractivity contribution in [2.75, 3.05) is 11.9 Å². The molecule has 0 saturated heterocycles. The Balaban J connectivity index is 1.78. The molecule has 0 radical (unpaired) electrons. The Morgan fingerprint density at radius 2 is 1.90 bits per heavy atom. The van der Waals surface area contributed by atoms with Gasteiger partial charge in [-0.2, -0.15) is 4.98 Å². The Bertz CT molecular complexity index is 1290. The maximum Gasteiger partial charge on any atom is 0.340 e. The third kappa shape index (κ3) is 3.71. The number of nitrogens with zero attached hydrogens (tertiary/aromatic N) is 3. The summed E-state index contributed by atoms with van der Waals surface area (Å²) in [6.07, 6.45) is 2.36. The van der Waals surface area contributed by atoms with Crippen molar-refractivity contribution in [1.29, 1.82) is 0 Å². The lowest BCUT2D eigenvalue weighted by Crippen LogP contribution is -2.17. The van der Waals surface area contributed by atoms with Crippen molar-refractivity contribution in [2.24, 2.45) is 0 Å². The summed E-state index contributed by atoms with van der Waals surface area (Å²) in [6, 6.07) is 14.1. The molecule has 7 nitrogen and oxygen atoms in total. The predicted octanol–water partition coefficient (Wildman–Crippen LogP) is 4.32. The molecule has 8 heteroatoms. The molecule has 0 aliphatic heterocycles. The molecule has 0 atom stereocenters. The molecule has 0 aliphatic carbocycles. The van der Waals surface area contributed by atoms with Crippen LogP contribution in [0.1, 0.15) is 23.7 Å². The first-order valence-electron chi connectivity index (χ1n) is 9.09. The van der Waals surface area contributed by atoms with Crippen molar-refractivity contribution < 1.29 is 9.53 Å². The van der Waals surface area contributed by atoms with Gasteiger partial charge in [-0.15, -0.1) is 0 Å². The Kier molecular flexibility index (Phi) is 5.26. The number of hydrogen-bond acceptors (Lipinski definition) is 6. The summed E-state index contributed by atoms with van der Waals surface area (Å²) in [5.74, 6) is 0.278. The molecule has 0 spiro atoms. The van der Waals surface area contributed by atoms with Crippen LogP contribution in [-0.2, 0) is 4.74 Å². The summed E-state index contributed by atoms with van der Waals surface area (Å²) >= 11 is 3.45. The normalized spacial score (nSPS) is 11.0. The number of carbonyl (C=O) groups is 1. The highest BCUT2D eigenvalue weighted by Gasteiger charge is 2.15. The summed E-state index contributed by atoms with van der Waals surface area (Å²) in [5.41, 5.74) is 1.32. The van der Waals surface area contributed by atoms with Gasteiger partial charge in [0, 0.05) is 6.20 Å². The smallest absolute Gasteiger partial charge is 0.340 e. The van der Waals surface area contributed by atoms with Gasteiger partial charge in [-0.3, -0.25) is 9.20 Å². The number of fused-ring (bicyclic) bond motifs is 2. The number of ether oxygens (including phenoxy) is 1. The molecule has 2 aromatic carbocycles. The van der Waals surface area contributed by atoms with Crippen molar-refractivity contribution in [2.45, 2.75) is 13.3 Å². The van der Waals surface area contributed by atoms with E-state index < -0.39 is 5.97 Å². The molecule has 0 saturated carbocycles. The lowest BCUT2D eigenvalue weighted by molar-refractivity contribution is 0.0506. The molecule has 0 fully saturated rings. The minimum atomic E-state index is -0.410. The molecule has 4 aromatic rings. The zero-order chi connectivity index (χ0) is 20.4. The fraction of sp³-hybridized carbons (Fsp3) is 0.143. The number of nitrogens with one attached hydrogen (secondary N) is 1. The highest BCUT2D eigenvalue weighted by molar-refractivity contribution is 9.10. The highest BCUT2D eigenvalue weighted by Crippen LogP contribution is 2.26. The summed E-state index contributed by atoms with van der Waals surface area (Å²) < 4.78 is 7.20. The van der Waals surface area contributed by atoms with Crippen LogP contribution in [0.3, 0.4) is 0 Å². The van der Waals surface area contributed by atoms with Crippen molar-refractivity contribution in [3.63, 3.8) is 0 Å². The molecule has 4 rings (SSSR count). The Labute approximate surface area is 174 Å². The number of carbonyl (C=O) groups excluding carboxylic acids is 1. The Morgan fingerprint density at radius 3 is 2.72 bits per heavy atom. The fourth-order valence-electron chi connectivity index (χ4n) is 2.92. The van der Waals surface area contributed by atoms with E-state index in [0.29, 0.717) is 39.1 Å². The molecular weight excluding hydrogens is 436 g/mol. The quantitative estimate of drug-likeness (QED) is 0.358. The second-order valence-electron chi connectivity index (χ2n) is 6.35. The van der Waals surface area contributed by atoms with Gasteiger partial charge in [0.25, 0.3) is 5.56 Å². The van der Waals surface area contributed by atoms with Crippen LogP contribution in [0.25, 0.3) is 16.7 Å². The average molecular weight is 453 g/mol. The van der Waals surface area contributed by atoms with E-state index in [0.717, 1.165) is 6.42 Å². The van der Waals surface area contributed by atoms with Gasteiger partial charge in [-0.1, -0.05) is 31.2 Å². The largest absolute Gasteiger partial charge is 0.462 e. The molecule has 0 unspecified atom stereocenters. The van der Waals surface area contributed by atoms with E-state index in [1.165, 1.54) is 4.40 Å². The van der Waals surface area contributed by atoms with Crippen LogP contribution in [0.4, 0.5) is 11.5 Å². The van der Waals surface area contributed by atoms with Crippen LogP contribution in [0, 0.1) is 0 Å². The third-order valence-corrected chi connectivity index (χ3v) is 4.89. The monoisotopic (exact) mass is 452 g/mol. The third-order valence-electron chi connectivity index (χ3n) is 4.31. The second-order valence-corrected chi connectivity index (χ2v) is 7.20. The lowest BCUT2D eigenvalue weighted by atomic mass is 10.2. The number of esters is 1. The van der Waals surface area contributed by atoms with E-state index >= 15 is 0 Å². The minimum Gasteiger partial charge on any atom is -0.462 e. The predicted molar refractivity (Wildman–Crippen MR) is 115 cm³/mol. The SMILES string of the molecule is CCCOC(=O)c1ccccc1Nc1nc2nc3ccccc3c(=O)n2cc1Br. The van der Waals surface area contributed by atoms with Crippen LogP contribution in [-0.4, -0.2) is 26.9 Å². The lowest BCUT2D eigenvalue weighted by Gasteiger charge is -2.13. The summed E-state index contributed by atoms with van der Waals surface area (Å²) in [5, 5.41) is 3.66. The van der Waals surface area contributed by atoms with Gasteiger partial charge in [-0.05, 0) is 46.6 Å². The maximum absolute atomic E-state index is 12.7. The van der Waals surface area contributed by atoms with Gasteiger partial charge in [0.15, 0.2) is 0 Å². The van der Waals surface area contributed by atoms with E-state index in [4.69, 9.17) is 4.74 Å². The number of halogens is 1. The van der Waals surface area contributed by atoms with E-state index in [1.807, 2.05) is 19.1 Å². The number of para-hydroxylation sites is 2. The fourth-order valence-corrected chi connectivity index (χ4v) is 3.31.